The Labute approximate surface area is 126 Å². The van der Waals surface area contributed by atoms with Crippen LogP contribution in [0.15, 0.2) is 47.4 Å². The standard InChI is InChI=1S/C15H11N3O2S/c1-11-2-5-14(6-3-11)18-19-20-21-15-7-4-12(9-16)13(8-15)10-17/h2-8,18H,1H3. The van der Waals surface area contributed by atoms with E-state index in [0.717, 1.165) is 23.3 Å². The lowest BCUT2D eigenvalue weighted by atomic mass is 10.1. The molecule has 0 saturated heterocycles. The molecule has 0 amide bonds. The lowest BCUT2D eigenvalue weighted by Crippen LogP contribution is -1.98. The van der Waals surface area contributed by atoms with Crippen molar-refractivity contribution in [1.29, 1.82) is 10.5 Å². The first-order valence-corrected chi connectivity index (χ1v) is 6.74. The van der Waals surface area contributed by atoms with E-state index >= 15 is 0 Å². The Kier molecular flexibility index (Phi) is 5.19. The molecule has 1 N–H and O–H groups in total. The largest absolute Gasteiger partial charge is 0.234 e. The summed E-state index contributed by atoms with van der Waals surface area (Å²) in [5, 5.41) is 17.7. The maximum absolute atomic E-state index is 8.92. The minimum atomic E-state index is 0.303. The van der Waals surface area contributed by atoms with Gasteiger partial charge in [-0.05, 0) is 37.3 Å². The molecule has 6 heteroatoms. The second-order valence-electron chi connectivity index (χ2n) is 4.13. The summed E-state index contributed by atoms with van der Waals surface area (Å²) in [6.45, 7) is 1.99. The molecule has 0 aliphatic carbocycles. The van der Waals surface area contributed by atoms with Crippen LogP contribution < -0.4 is 5.48 Å². The van der Waals surface area contributed by atoms with Crippen molar-refractivity contribution in [2.45, 2.75) is 11.8 Å². The number of anilines is 1. The molecule has 0 aliphatic heterocycles. The first-order chi connectivity index (χ1) is 10.2. The quantitative estimate of drug-likeness (QED) is 0.392. The van der Waals surface area contributed by atoms with Crippen molar-refractivity contribution in [3.8, 4) is 12.1 Å². The van der Waals surface area contributed by atoms with E-state index in [4.69, 9.17) is 19.8 Å². The van der Waals surface area contributed by atoms with Crippen LogP contribution in [0.4, 0.5) is 5.69 Å². The molecule has 0 spiro atoms. The molecule has 2 aromatic carbocycles. The molecule has 0 aliphatic rings. The highest BCUT2D eigenvalue weighted by molar-refractivity contribution is 7.94. The minimum absolute atomic E-state index is 0.303. The van der Waals surface area contributed by atoms with Gasteiger partial charge in [0.15, 0.2) is 0 Å². The number of nitriles is 2. The second-order valence-corrected chi connectivity index (χ2v) is 4.91. The molecule has 104 valence electrons. The minimum Gasteiger partial charge on any atom is -0.234 e. The van der Waals surface area contributed by atoms with Crippen molar-refractivity contribution < 1.29 is 9.32 Å². The van der Waals surface area contributed by atoms with Gasteiger partial charge in [-0.25, -0.2) is 5.48 Å². The average Bonchev–Trinajstić information content (AvgIpc) is 2.53. The van der Waals surface area contributed by atoms with E-state index < -0.39 is 0 Å². The van der Waals surface area contributed by atoms with Crippen molar-refractivity contribution in [3.05, 3.63) is 59.2 Å². The molecule has 0 saturated carbocycles. The van der Waals surface area contributed by atoms with Crippen LogP contribution in [0, 0.1) is 29.6 Å². The molecular weight excluding hydrogens is 286 g/mol. The van der Waals surface area contributed by atoms with Crippen LogP contribution in [0.25, 0.3) is 0 Å². The van der Waals surface area contributed by atoms with E-state index in [1.54, 1.807) is 18.2 Å². The SMILES string of the molecule is Cc1ccc(NOOSc2ccc(C#N)c(C#N)c2)cc1. The molecule has 2 aromatic rings. The van der Waals surface area contributed by atoms with Crippen molar-refractivity contribution in [2.75, 3.05) is 5.48 Å². The Bertz CT molecular complexity index is 702. The van der Waals surface area contributed by atoms with Crippen molar-refractivity contribution in [3.63, 3.8) is 0 Å². The van der Waals surface area contributed by atoms with Crippen LogP contribution in [-0.2, 0) is 9.32 Å². The topological polar surface area (TPSA) is 78.1 Å². The maximum Gasteiger partial charge on any atom is 0.101 e. The Hall–Kier alpha value is -2.51. The third kappa shape index (κ3) is 4.23. The summed E-state index contributed by atoms with van der Waals surface area (Å²) < 4.78 is 4.94. The van der Waals surface area contributed by atoms with Crippen molar-refractivity contribution in [1.82, 2.24) is 0 Å². The predicted octanol–water partition coefficient (Wildman–Crippen LogP) is 3.72. The number of aryl methyl sites for hydroxylation is 1. The number of hydrogen-bond donors (Lipinski definition) is 1. The third-order valence-electron chi connectivity index (χ3n) is 2.61. The molecule has 0 atom stereocenters. The fourth-order valence-electron chi connectivity index (χ4n) is 1.51. The third-order valence-corrected chi connectivity index (χ3v) is 3.19. The van der Waals surface area contributed by atoms with Crippen LogP contribution in [-0.4, -0.2) is 0 Å². The number of nitrogens with zero attached hydrogens (tertiary/aromatic N) is 2. The Balaban J connectivity index is 1.85. The summed E-state index contributed by atoms with van der Waals surface area (Å²) >= 11 is 0.946. The van der Waals surface area contributed by atoms with Gasteiger partial charge in [-0.1, -0.05) is 17.7 Å². The van der Waals surface area contributed by atoms with Gasteiger partial charge in [-0.15, -0.1) is 9.32 Å². The highest BCUT2D eigenvalue weighted by Crippen LogP contribution is 2.22. The van der Waals surface area contributed by atoms with Gasteiger partial charge in [0.2, 0.25) is 0 Å². The molecular formula is C15H11N3O2S. The van der Waals surface area contributed by atoms with E-state index in [1.165, 1.54) is 0 Å². The molecule has 0 radical (unpaired) electrons. The van der Waals surface area contributed by atoms with Gasteiger partial charge in [-0.2, -0.15) is 10.5 Å². The van der Waals surface area contributed by atoms with Crippen LogP contribution >= 0.6 is 12.0 Å². The summed E-state index contributed by atoms with van der Waals surface area (Å²) in [5.74, 6) is 0. The van der Waals surface area contributed by atoms with E-state index in [1.807, 2.05) is 43.3 Å². The first-order valence-electron chi connectivity index (χ1n) is 6.00. The number of hydrogen-bond acceptors (Lipinski definition) is 6. The second kappa shape index (κ2) is 7.32. The van der Waals surface area contributed by atoms with Crippen LogP contribution in [0.5, 0.6) is 0 Å². The summed E-state index contributed by atoms with van der Waals surface area (Å²) in [4.78, 5) is 5.52. The lowest BCUT2D eigenvalue weighted by molar-refractivity contribution is -0.161. The average molecular weight is 297 g/mol. The monoisotopic (exact) mass is 297 g/mol. The van der Waals surface area contributed by atoms with Gasteiger partial charge >= 0.3 is 0 Å². The van der Waals surface area contributed by atoms with Gasteiger partial charge in [0.25, 0.3) is 0 Å². The zero-order chi connectivity index (χ0) is 15.1. The lowest BCUT2D eigenvalue weighted by Gasteiger charge is -2.05. The first kappa shape index (κ1) is 14.9. The summed E-state index contributed by atoms with van der Waals surface area (Å²) in [6, 6.07) is 16.3. The summed E-state index contributed by atoms with van der Waals surface area (Å²) in [6.07, 6.45) is 0. The molecule has 0 fully saturated rings. The Morgan fingerprint density at radius 2 is 1.71 bits per heavy atom. The molecule has 21 heavy (non-hydrogen) atoms. The Morgan fingerprint density at radius 3 is 2.38 bits per heavy atom. The molecule has 0 bridgehead atoms. The fraction of sp³-hybridized carbons (Fsp3) is 0.0667. The van der Waals surface area contributed by atoms with Gasteiger partial charge < -0.3 is 0 Å². The molecule has 0 unspecified atom stereocenters. The van der Waals surface area contributed by atoms with Crippen molar-refractivity contribution in [2.24, 2.45) is 0 Å². The molecule has 0 aromatic heterocycles. The molecule has 2 rings (SSSR count). The van der Waals surface area contributed by atoms with E-state index in [0.29, 0.717) is 16.0 Å². The van der Waals surface area contributed by atoms with E-state index in [-0.39, 0.29) is 0 Å². The summed E-state index contributed by atoms with van der Waals surface area (Å²) in [5.41, 5.74) is 5.18. The van der Waals surface area contributed by atoms with Crippen LogP contribution in [0.3, 0.4) is 0 Å². The number of rotatable bonds is 5. The van der Waals surface area contributed by atoms with Gasteiger partial charge in [0.05, 0.1) is 28.9 Å². The Morgan fingerprint density at radius 1 is 1.00 bits per heavy atom. The van der Waals surface area contributed by atoms with E-state index in [2.05, 4.69) is 5.48 Å². The fourth-order valence-corrected chi connectivity index (χ4v) is 1.94. The van der Waals surface area contributed by atoms with Crippen LogP contribution in [0.2, 0.25) is 0 Å². The highest BCUT2D eigenvalue weighted by atomic mass is 32.2. The molecule has 5 nitrogen and oxygen atoms in total. The van der Waals surface area contributed by atoms with Gasteiger partial charge in [0, 0.05) is 4.90 Å². The zero-order valence-corrected chi connectivity index (χ0v) is 12.0. The number of benzene rings is 2. The highest BCUT2D eigenvalue weighted by Gasteiger charge is 2.04. The maximum atomic E-state index is 8.92. The normalized spacial score (nSPS) is 9.67. The van der Waals surface area contributed by atoms with Gasteiger partial charge in [-0.3, -0.25) is 0 Å². The van der Waals surface area contributed by atoms with Crippen LogP contribution in [0.1, 0.15) is 16.7 Å². The smallest absolute Gasteiger partial charge is 0.101 e. The zero-order valence-electron chi connectivity index (χ0n) is 11.2. The van der Waals surface area contributed by atoms with E-state index in [9.17, 15) is 0 Å². The number of nitrogens with one attached hydrogen (secondary N) is 1. The van der Waals surface area contributed by atoms with Gasteiger partial charge in [0.1, 0.15) is 12.1 Å². The molecule has 0 heterocycles. The summed E-state index contributed by atoms with van der Waals surface area (Å²) in [7, 11) is 0. The van der Waals surface area contributed by atoms with Crippen molar-refractivity contribution >= 4 is 17.7 Å². The predicted molar refractivity (Wildman–Crippen MR) is 78.7 cm³/mol.